The molecule has 0 radical (unpaired) electrons. The van der Waals surface area contributed by atoms with Crippen LogP contribution in [0.25, 0.3) is 0 Å². The van der Waals surface area contributed by atoms with Gasteiger partial charge in [0.25, 0.3) is 0 Å². The molecule has 17 heavy (non-hydrogen) atoms. The Morgan fingerprint density at radius 2 is 2.00 bits per heavy atom. The number of benzene rings is 1. The lowest BCUT2D eigenvalue weighted by Gasteiger charge is -2.17. The van der Waals surface area contributed by atoms with E-state index in [9.17, 15) is 0 Å². The number of hydrogen-bond acceptors (Lipinski definition) is 2. The van der Waals surface area contributed by atoms with E-state index in [0.717, 1.165) is 23.6 Å². The van der Waals surface area contributed by atoms with E-state index in [-0.39, 0.29) is 0 Å². The van der Waals surface area contributed by atoms with E-state index in [1.54, 1.807) is 0 Å². The average molecular weight is 268 g/mol. The fourth-order valence-electron chi connectivity index (χ4n) is 1.94. The molecule has 0 bridgehead atoms. The number of nitrogens with zero attached hydrogens (tertiary/aromatic N) is 1. The Kier molecular flexibility index (Phi) is 5.88. The molecule has 92 valence electrons. The third-order valence-corrected chi connectivity index (χ3v) is 4.07. The van der Waals surface area contributed by atoms with Gasteiger partial charge in [-0.2, -0.15) is 5.26 Å². The second-order valence-corrected chi connectivity index (χ2v) is 5.58. The lowest BCUT2D eigenvalue weighted by molar-refractivity contribution is 0.647. The number of rotatable bonds is 5. The number of halogens is 1. The zero-order valence-corrected chi connectivity index (χ0v) is 12.2. The fraction of sp³-hybridized carbons (Fsp3) is 0.500. The van der Waals surface area contributed by atoms with Gasteiger partial charge in [-0.3, -0.25) is 0 Å². The van der Waals surface area contributed by atoms with Crippen molar-refractivity contribution in [2.45, 2.75) is 39.5 Å². The van der Waals surface area contributed by atoms with E-state index in [2.05, 4.69) is 32.2 Å². The first-order chi connectivity index (χ1) is 8.10. The summed E-state index contributed by atoms with van der Waals surface area (Å²) in [6, 6.07) is 4.25. The van der Waals surface area contributed by atoms with E-state index in [4.69, 9.17) is 16.9 Å². The second-order valence-electron chi connectivity index (χ2n) is 4.29. The summed E-state index contributed by atoms with van der Waals surface area (Å²) >= 11 is 7.64. The van der Waals surface area contributed by atoms with Crippen molar-refractivity contribution >= 4 is 23.4 Å². The van der Waals surface area contributed by atoms with Crippen molar-refractivity contribution in [3.63, 3.8) is 0 Å². The molecule has 0 saturated carbocycles. The zero-order chi connectivity index (χ0) is 12.8. The lowest BCUT2D eigenvalue weighted by atomic mass is 9.91. The molecule has 1 nitrogen and oxygen atoms in total. The van der Waals surface area contributed by atoms with Gasteiger partial charge in [0.05, 0.1) is 0 Å². The van der Waals surface area contributed by atoms with Gasteiger partial charge in [0.2, 0.25) is 0 Å². The van der Waals surface area contributed by atoms with Gasteiger partial charge in [-0.25, -0.2) is 0 Å². The van der Waals surface area contributed by atoms with E-state index >= 15 is 0 Å². The molecule has 0 aliphatic carbocycles. The molecule has 0 heterocycles. The van der Waals surface area contributed by atoms with Crippen LogP contribution in [0.2, 0.25) is 5.02 Å². The quantitative estimate of drug-likeness (QED) is 0.550. The van der Waals surface area contributed by atoms with Gasteiger partial charge in [-0.05, 0) is 67.1 Å². The minimum atomic E-state index is 0.461. The first-order valence-electron chi connectivity index (χ1n) is 5.87. The highest BCUT2D eigenvalue weighted by molar-refractivity contribution is 8.03. The van der Waals surface area contributed by atoms with Crippen LogP contribution in [0, 0.1) is 24.5 Å². The van der Waals surface area contributed by atoms with Crippen LogP contribution in [0.15, 0.2) is 12.1 Å². The highest BCUT2D eigenvalue weighted by Crippen LogP contribution is 2.32. The van der Waals surface area contributed by atoms with Crippen molar-refractivity contribution in [2.24, 2.45) is 0 Å². The highest BCUT2D eigenvalue weighted by atomic mass is 35.5. The molecule has 0 aliphatic rings. The van der Waals surface area contributed by atoms with Crippen molar-refractivity contribution in [3.8, 4) is 5.40 Å². The van der Waals surface area contributed by atoms with E-state index in [1.165, 1.54) is 28.5 Å². The van der Waals surface area contributed by atoms with Crippen molar-refractivity contribution in [3.05, 3.63) is 33.8 Å². The minimum absolute atomic E-state index is 0.461. The maximum Gasteiger partial charge on any atom is 0.133 e. The van der Waals surface area contributed by atoms with Gasteiger partial charge < -0.3 is 0 Å². The van der Waals surface area contributed by atoms with Gasteiger partial charge in [0.1, 0.15) is 5.40 Å². The van der Waals surface area contributed by atoms with Gasteiger partial charge in [0, 0.05) is 10.8 Å². The summed E-state index contributed by atoms with van der Waals surface area (Å²) in [6.07, 6.45) is 2.07. The molecule has 1 rings (SSSR count). The Balaban J connectivity index is 2.88. The Morgan fingerprint density at radius 3 is 2.59 bits per heavy atom. The van der Waals surface area contributed by atoms with Crippen LogP contribution in [0.3, 0.4) is 0 Å². The summed E-state index contributed by atoms with van der Waals surface area (Å²) < 4.78 is 0. The summed E-state index contributed by atoms with van der Waals surface area (Å²) in [5.74, 6) is 1.33. The summed E-state index contributed by atoms with van der Waals surface area (Å²) in [5.41, 5.74) is 3.76. The Labute approximate surface area is 113 Å². The molecule has 0 spiro atoms. The molecular formula is C14H18ClNS. The average Bonchev–Trinajstić information content (AvgIpc) is 2.30. The zero-order valence-electron chi connectivity index (χ0n) is 10.6. The molecule has 1 unspecified atom stereocenters. The van der Waals surface area contributed by atoms with Gasteiger partial charge >= 0.3 is 0 Å². The molecular weight excluding hydrogens is 250 g/mol. The van der Waals surface area contributed by atoms with E-state index < -0.39 is 0 Å². The highest BCUT2D eigenvalue weighted by Gasteiger charge is 2.14. The molecule has 0 aromatic heterocycles. The smallest absolute Gasteiger partial charge is 0.133 e. The molecule has 1 aromatic carbocycles. The van der Waals surface area contributed by atoms with E-state index in [1.807, 2.05) is 6.07 Å². The van der Waals surface area contributed by atoms with Crippen LogP contribution in [0.1, 0.15) is 42.4 Å². The van der Waals surface area contributed by atoms with Gasteiger partial charge in [-0.1, -0.05) is 24.6 Å². The molecule has 0 amide bonds. The van der Waals surface area contributed by atoms with E-state index in [0.29, 0.717) is 5.92 Å². The van der Waals surface area contributed by atoms with Gasteiger partial charge in [-0.15, -0.1) is 0 Å². The first kappa shape index (κ1) is 14.4. The summed E-state index contributed by atoms with van der Waals surface area (Å²) in [5, 5.41) is 11.5. The molecule has 0 saturated heterocycles. The Morgan fingerprint density at radius 1 is 1.35 bits per heavy atom. The summed E-state index contributed by atoms with van der Waals surface area (Å²) in [7, 11) is 0. The fourth-order valence-corrected chi connectivity index (χ4v) is 2.81. The van der Waals surface area contributed by atoms with Crippen molar-refractivity contribution in [2.75, 3.05) is 5.75 Å². The number of thiocyanates is 1. The number of hydrogen-bond donors (Lipinski definition) is 0. The lowest BCUT2D eigenvalue weighted by Crippen LogP contribution is -2.01. The molecule has 1 atom stereocenters. The minimum Gasteiger partial charge on any atom is -0.185 e. The topological polar surface area (TPSA) is 23.8 Å². The van der Waals surface area contributed by atoms with Crippen LogP contribution >= 0.6 is 23.4 Å². The van der Waals surface area contributed by atoms with Crippen molar-refractivity contribution < 1.29 is 0 Å². The van der Waals surface area contributed by atoms with Gasteiger partial charge in [0.15, 0.2) is 0 Å². The summed E-state index contributed by atoms with van der Waals surface area (Å²) in [6.45, 7) is 6.37. The van der Waals surface area contributed by atoms with Crippen LogP contribution in [-0.2, 0) is 0 Å². The maximum atomic E-state index is 8.54. The largest absolute Gasteiger partial charge is 0.185 e. The third kappa shape index (κ3) is 3.94. The predicted octanol–water partition coefficient (Wildman–Crippen LogP) is 5.05. The van der Waals surface area contributed by atoms with Crippen LogP contribution in [0.4, 0.5) is 0 Å². The Hall–Kier alpha value is -0.650. The molecule has 0 N–H and O–H groups in total. The second kappa shape index (κ2) is 6.93. The number of nitriles is 1. The van der Waals surface area contributed by atoms with Crippen molar-refractivity contribution in [1.29, 1.82) is 5.26 Å². The number of aryl methyl sites for hydroxylation is 2. The normalized spacial score (nSPS) is 12.2. The first-order valence-corrected chi connectivity index (χ1v) is 7.24. The molecule has 1 aromatic rings. The van der Waals surface area contributed by atoms with Crippen LogP contribution < -0.4 is 0 Å². The monoisotopic (exact) mass is 267 g/mol. The number of thioether (sulfide) groups is 1. The third-order valence-electron chi connectivity index (χ3n) is 3.18. The molecule has 0 aliphatic heterocycles. The maximum absolute atomic E-state index is 8.54. The molecule has 3 heteroatoms. The van der Waals surface area contributed by atoms with Crippen molar-refractivity contribution in [1.82, 2.24) is 0 Å². The van der Waals surface area contributed by atoms with Crippen LogP contribution in [-0.4, -0.2) is 5.75 Å². The van der Waals surface area contributed by atoms with Crippen LogP contribution in [0.5, 0.6) is 0 Å². The standard InChI is InChI=1S/C14H18ClNS/c1-4-12(5-6-17-9-16)13-7-10(2)11(3)8-14(13)15/h7-8,12H,4-6H2,1-3H3. The predicted molar refractivity (Wildman–Crippen MR) is 76.6 cm³/mol. The summed E-state index contributed by atoms with van der Waals surface area (Å²) in [4.78, 5) is 0. The molecule has 0 fully saturated rings. The SMILES string of the molecule is CCC(CCSC#N)c1cc(C)c(C)cc1Cl. The Bertz CT molecular complexity index is 423.